The molecular weight excluding hydrogens is 357 g/mol. The second-order valence-corrected chi connectivity index (χ2v) is 7.46. The third-order valence-corrected chi connectivity index (χ3v) is 5.35. The summed E-state index contributed by atoms with van der Waals surface area (Å²) in [4.78, 5) is 4.27. The number of hydrogen-bond acceptors (Lipinski definition) is 2. The topological polar surface area (TPSA) is 37.0 Å². The van der Waals surface area contributed by atoms with E-state index in [2.05, 4.69) is 15.6 Å². The Kier molecular flexibility index (Phi) is 5.54. The molecular formula is C19H21ClFN3S. The van der Waals surface area contributed by atoms with Crippen LogP contribution in [-0.2, 0) is 5.41 Å². The Labute approximate surface area is 158 Å². The summed E-state index contributed by atoms with van der Waals surface area (Å²) in [6.07, 6.45) is 6.22. The molecule has 1 heterocycles. The van der Waals surface area contributed by atoms with E-state index in [0.717, 1.165) is 24.0 Å². The minimum absolute atomic E-state index is 0.00998. The number of nitrogens with zero attached hydrogens (tertiary/aromatic N) is 1. The number of aromatic nitrogens is 1. The van der Waals surface area contributed by atoms with Gasteiger partial charge in [0.1, 0.15) is 5.82 Å². The molecule has 0 atom stereocenters. The molecule has 1 aromatic heterocycles. The Morgan fingerprint density at radius 2 is 1.96 bits per heavy atom. The summed E-state index contributed by atoms with van der Waals surface area (Å²) in [6, 6.07) is 8.68. The standard InChI is InChI=1S/C19H21ClFN3S/c1-13-10-16(20)17(22-11-13)24-18(25)23-12-19(8-2-3-9-19)14-4-6-15(21)7-5-14/h4-7,10-11H,2-3,8-9,12H2,1H3,(H2,22,23,24,25). The summed E-state index contributed by atoms with van der Waals surface area (Å²) >= 11 is 11.6. The SMILES string of the molecule is Cc1cnc(NC(=S)NCC2(c3ccc(F)cc3)CCCC2)c(Cl)c1. The fourth-order valence-corrected chi connectivity index (χ4v) is 3.89. The van der Waals surface area contributed by atoms with Gasteiger partial charge < -0.3 is 10.6 Å². The molecule has 0 saturated heterocycles. The molecule has 1 aliphatic rings. The van der Waals surface area contributed by atoms with Gasteiger partial charge in [0.2, 0.25) is 0 Å². The minimum Gasteiger partial charge on any atom is -0.362 e. The van der Waals surface area contributed by atoms with Crippen LogP contribution in [0.1, 0.15) is 36.8 Å². The smallest absolute Gasteiger partial charge is 0.172 e. The number of anilines is 1. The predicted molar refractivity (Wildman–Crippen MR) is 105 cm³/mol. The lowest BCUT2D eigenvalue weighted by molar-refractivity contribution is 0.434. The third-order valence-electron chi connectivity index (χ3n) is 4.81. The molecule has 1 aliphatic carbocycles. The van der Waals surface area contributed by atoms with Crippen molar-refractivity contribution in [1.82, 2.24) is 10.3 Å². The summed E-state index contributed by atoms with van der Waals surface area (Å²) in [5.41, 5.74) is 2.15. The van der Waals surface area contributed by atoms with Gasteiger partial charge in [-0.2, -0.15) is 0 Å². The molecule has 132 valence electrons. The average molecular weight is 378 g/mol. The number of rotatable bonds is 4. The summed E-state index contributed by atoms with van der Waals surface area (Å²) in [5.74, 6) is 0.342. The van der Waals surface area contributed by atoms with Crippen molar-refractivity contribution in [3.63, 3.8) is 0 Å². The molecule has 1 fully saturated rings. The van der Waals surface area contributed by atoms with Crippen LogP contribution in [0, 0.1) is 12.7 Å². The molecule has 0 radical (unpaired) electrons. The number of benzene rings is 1. The number of pyridine rings is 1. The van der Waals surface area contributed by atoms with Crippen molar-refractivity contribution in [1.29, 1.82) is 0 Å². The Morgan fingerprint density at radius 3 is 2.60 bits per heavy atom. The Hall–Kier alpha value is -1.72. The highest BCUT2D eigenvalue weighted by Crippen LogP contribution is 2.40. The second-order valence-electron chi connectivity index (χ2n) is 6.65. The van der Waals surface area contributed by atoms with Gasteiger partial charge in [0.25, 0.3) is 0 Å². The van der Waals surface area contributed by atoms with E-state index < -0.39 is 0 Å². The zero-order valence-corrected chi connectivity index (χ0v) is 15.7. The summed E-state index contributed by atoms with van der Waals surface area (Å²) < 4.78 is 13.3. The molecule has 6 heteroatoms. The fraction of sp³-hybridized carbons (Fsp3) is 0.368. The predicted octanol–water partition coefficient (Wildman–Crippen LogP) is 4.98. The normalized spacial score (nSPS) is 15.8. The lowest BCUT2D eigenvalue weighted by Crippen LogP contribution is -2.40. The lowest BCUT2D eigenvalue weighted by Gasteiger charge is -2.30. The van der Waals surface area contributed by atoms with E-state index in [9.17, 15) is 4.39 Å². The summed E-state index contributed by atoms with van der Waals surface area (Å²) in [6.45, 7) is 2.64. The average Bonchev–Trinajstić information content (AvgIpc) is 3.06. The van der Waals surface area contributed by atoms with Crippen molar-refractivity contribution in [3.8, 4) is 0 Å². The van der Waals surface area contributed by atoms with Crippen LogP contribution >= 0.6 is 23.8 Å². The molecule has 25 heavy (non-hydrogen) atoms. The Bertz CT molecular complexity index is 758. The Balaban J connectivity index is 1.67. The summed E-state index contributed by atoms with van der Waals surface area (Å²) in [7, 11) is 0. The third kappa shape index (κ3) is 4.28. The van der Waals surface area contributed by atoms with Gasteiger partial charge in [-0.15, -0.1) is 0 Å². The molecule has 0 spiro atoms. The molecule has 0 amide bonds. The molecule has 0 aliphatic heterocycles. The van der Waals surface area contributed by atoms with E-state index in [1.807, 2.05) is 25.1 Å². The Morgan fingerprint density at radius 1 is 1.28 bits per heavy atom. The van der Waals surface area contributed by atoms with Gasteiger partial charge in [-0.1, -0.05) is 36.6 Å². The maximum Gasteiger partial charge on any atom is 0.172 e. The highest BCUT2D eigenvalue weighted by Gasteiger charge is 2.35. The van der Waals surface area contributed by atoms with E-state index in [1.54, 1.807) is 6.20 Å². The molecule has 3 nitrogen and oxygen atoms in total. The van der Waals surface area contributed by atoms with Crippen LogP contribution in [-0.4, -0.2) is 16.6 Å². The highest BCUT2D eigenvalue weighted by atomic mass is 35.5. The van der Waals surface area contributed by atoms with E-state index >= 15 is 0 Å². The van der Waals surface area contributed by atoms with Crippen LogP contribution in [0.4, 0.5) is 10.2 Å². The van der Waals surface area contributed by atoms with E-state index in [4.69, 9.17) is 23.8 Å². The van der Waals surface area contributed by atoms with Gasteiger partial charge in [0.15, 0.2) is 10.9 Å². The van der Waals surface area contributed by atoms with Crippen LogP contribution in [0.3, 0.4) is 0 Å². The number of hydrogen-bond donors (Lipinski definition) is 2. The van der Waals surface area contributed by atoms with Gasteiger partial charge >= 0.3 is 0 Å². The molecule has 0 unspecified atom stereocenters. The molecule has 0 bridgehead atoms. The van der Waals surface area contributed by atoms with Crippen molar-refractivity contribution in [2.24, 2.45) is 0 Å². The zero-order valence-electron chi connectivity index (χ0n) is 14.1. The second kappa shape index (κ2) is 7.67. The van der Waals surface area contributed by atoms with Crippen LogP contribution in [0.15, 0.2) is 36.5 Å². The van der Waals surface area contributed by atoms with Crippen LogP contribution < -0.4 is 10.6 Å². The van der Waals surface area contributed by atoms with E-state index in [-0.39, 0.29) is 11.2 Å². The first kappa shape index (κ1) is 18.1. The van der Waals surface area contributed by atoms with Gasteiger partial charge in [0.05, 0.1) is 5.02 Å². The molecule has 2 N–H and O–H groups in total. The molecule has 1 saturated carbocycles. The number of thiocarbonyl (C=S) groups is 1. The number of aryl methyl sites for hydroxylation is 1. The van der Waals surface area contributed by atoms with Crippen molar-refractivity contribution < 1.29 is 4.39 Å². The van der Waals surface area contributed by atoms with Crippen molar-refractivity contribution in [3.05, 3.63) is 58.5 Å². The fourth-order valence-electron chi connectivity index (χ4n) is 3.45. The van der Waals surface area contributed by atoms with Gasteiger partial charge in [-0.25, -0.2) is 9.37 Å². The van der Waals surface area contributed by atoms with E-state index in [1.165, 1.54) is 25.0 Å². The first-order valence-corrected chi connectivity index (χ1v) is 9.20. The van der Waals surface area contributed by atoms with Crippen LogP contribution in [0.25, 0.3) is 0 Å². The van der Waals surface area contributed by atoms with Gasteiger partial charge in [0, 0.05) is 18.2 Å². The maximum absolute atomic E-state index is 13.3. The summed E-state index contributed by atoms with van der Waals surface area (Å²) in [5, 5.41) is 7.39. The van der Waals surface area contributed by atoms with Crippen LogP contribution in [0.5, 0.6) is 0 Å². The van der Waals surface area contributed by atoms with Crippen molar-refractivity contribution in [2.45, 2.75) is 38.0 Å². The van der Waals surface area contributed by atoms with Crippen molar-refractivity contribution >= 4 is 34.7 Å². The van der Waals surface area contributed by atoms with E-state index in [0.29, 0.717) is 22.5 Å². The maximum atomic E-state index is 13.3. The van der Waals surface area contributed by atoms with Gasteiger partial charge in [-0.05, 0) is 61.3 Å². The number of halogens is 2. The first-order chi connectivity index (χ1) is 12.0. The molecule has 1 aromatic carbocycles. The minimum atomic E-state index is -0.206. The highest BCUT2D eigenvalue weighted by molar-refractivity contribution is 7.80. The quantitative estimate of drug-likeness (QED) is 0.737. The molecule has 3 rings (SSSR count). The zero-order chi connectivity index (χ0) is 17.9. The lowest BCUT2D eigenvalue weighted by atomic mass is 9.79. The monoisotopic (exact) mass is 377 g/mol. The first-order valence-electron chi connectivity index (χ1n) is 8.42. The van der Waals surface area contributed by atoms with Crippen molar-refractivity contribution in [2.75, 3.05) is 11.9 Å². The largest absolute Gasteiger partial charge is 0.362 e. The molecule has 2 aromatic rings. The van der Waals surface area contributed by atoms with Gasteiger partial charge in [-0.3, -0.25) is 0 Å². The van der Waals surface area contributed by atoms with Crippen LogP contribution in [0.2, 0.25) is 5.02 Å². The number of nitrogens with one attached hydrogen (secondary N) is 2.